The second kappa shape index (κ2) is 8.74. The minimum Gasteiger partial charge on any atom is -0.310 e. The van der Waals surface area contributed by atoms with E-state index in [1.165, 1.54) is 44.8 Å². The highest BCUT2D eigenvalue weighted by atomic mass is 15.2. The number of rotatable bonds is 3. The van der Waals surface area contributed by atoms with Gasteiger partial charge in [0.05, 0.1) is 28.2 Å². The van der Waals surface area contributed by atoms with Crippen LogP contribution in [0.1, 0.15) is 47.2 Å². The molecule has 3 heteroatoms. The van der Waals surface area contributed by atoms with Crippen LogP contribution < -0.4 is 4.90 Å². The van der Waals surface area contributed by atoms with E-state index in [9.17, 15) is 0 Å². The summed E-state index contributed by atoms with van der Waals surface area (Å²) in [6.45, 7) is 4.71. The van der Waals surface area contributed by atoms with Crippen molar-refractivity contribution in [3.8, 4) is 11.4 Å². The molecule has 196 valence electrons. The fourth-order valence-corrected chi connectivity index (χ4v) is 7.21. The average molecular weight is 528 g/mol. The van der Waals surface area contributed by atoms with E-state index in [4.69, 9.17) is 9.97 Å². The van der Waals surface area contributed by atoms with E-state index < -0.39 is 5.41 Å². The number of aromatic nitrogens is 2. The second-order valence-corrected chi connectivity index (χ2v) is 11.5. The van der Waals surface area contributed by atoms with Crippen molar-refractivity contribution in [3.05, 3.63) is 173 Å². The van der Waals surface area contributed by atoms with Crippen molar-refractivity contribution in [2.75, 3.05) is 4.90 Å². The van der Waals surface area contributed by atoms with Crippen LogP contribution in [-0.2, 0) is 10.8 Å². The van der Waals surface area contributed by atoms with Gasteiger partial charge in [0.15, 0.2) is 0 Å². The maximum Gasteiger partial charge on any atom is 0.0937 e. The monoisotopic (exact) mass is 527 g/mol. The predicted octanol–water partition coefficient (Wildman–Crippen LogP) is 8.95. The molecule has 41 heavy (non-hydrogen) atoms. The first-order valence-electron chi connectivity index (χ1n) is 14.2. The van der Waals surface area contributed by atoms with Gasteiger partial charge in [-0.1, -0.05) is 105 Å². The van der Waals surface area contributed by atoms with Crippen LogP contribution in [0.25, 0.3) is 11.4 Å². The van der Waals surface area contributed by atoms with E-state index in [2.05, 4.69) is 146 Å². The molecule has 0 radical (unpaired) electrons. The van der Waals surface area contributed by atoms with Crippen LogP contribution in [0.5, 0.6) is 0 Å². The Morgan fingerprint density at radius 1 is 0.488 bits per heavy atom. The highest BCUT2D eigenvalue weighted by Gasteiger charge is 2.48. The predicted molar refractivity (Wildman–Crippen MR) is 166 cm³/mol. The summed E-state index contributed by atoms with van der Waals surface area (Å²) in [6.07, 6.45) is 3.76. The smallest absolute Gasteiger partial charge is 0.0937 e. The lowest BCUT2D eigenvalue weighted by Gasteiger charge is -2.43. The van der Waals surface area contributed by atoms with Gasteiger partial charge in [0.1, 0.15) is 0 Å². The van der Waals surface area contributed by atoms with Gasteiger partial charge in [0.2, 0.25) is 0 Å². The molecule has 0 N–H and O–H groups in total. The number of pyridine rings is 2. The first-order chi connectivity index (χ1) is 20.1. The Morgan fingerprint density at radius 3 is 1.73 bits per heavy atom. The van der Waals surface area contributed by atoms with E-state index in [-0.39, 0.29) is 5.41 Å². The molecule has 2 aliphatic rings. The van der Waals surface area contributed by atoms with Crippen molar-refractivity contribution >= 4 is 17.1 Å². The third-order valence-corrected chi connectivity index (χ3v) is 9.03. The normalized spacial score (nSPS) is 15.4. The van der Waals surface area contributed by atoms with Crippen LogP contribution in [0.4, 0.5) is 17.1 Å². The lowest BCUT2D eigenvalue weighted by molar-refractivity contribution is 0.627. The molecule has 0 fully saturated rings. The number of hydrogen-bond acceptors (Lipinski definition) is 3. The maximum atomic E-state index is 4.87. The van der Waals surface area contributed by atoms with Crippen LogP contribution in [0.15, 0.2) is 140 Å². The number of fused-ring (bicyclic) bond motifs is 5. The average Bonchev–Trinajstić information content (AvgIpc) is 3.33. The van der Waals surface area contributed by atoms with E-state index in [0.29, 0.717) is 0 Å². The third-order valence-electron chi connectivity index (χ3n) is 9.03. The van der Waals surface area contributed by atoms with Crippen LogP contribution in [0.2, 0.25) is 0 Å². The van der Waals surface area contributed by atoms with Gasteiger partial charge in [-0.3, -0.25) is 9.97 Å². The molecule has 0 spiro atoms. The highest BCUT2D eigenvalue weighted by Crippen LogP contribution is 2.57. The van der Waals surface area contributed by atoms with Gasteiger partial charge in [-0.15, -0.1) is 0 Å². The molecule has 3 nitrogen and oxygen atoms in total. The molecule has 6 aromatic rings. The topological polar surface area (TPSA) is 29.0 Å². The van der Waals surface area contributed by atoms with Crippen LogP contribution >= 0.6 is 0 Å². The Kier molecular flexibility index (Phi) is 5.08. The zero-order valence-corrected chi connectivity index (χ0v) is 23.1. The highest BCUT2D eigenvalue weighted by molar-refractivity contribution is 5.87. The Balaban J connectivity index is 1.46. The first-order valence-corrected chi connectivity index (χ1v) is 14.2. The Labute approximate surface area is 240 Å². The molecule has 1 aliphatic carbocycles. The molecule has 2 aromatic heterocycles. The van der Waals surface area contributed by atoms with Crippen LogP contribution in [0, 0.1) is 0 Å². The largest absolute Gasteiger partial charge is 0.310 e. The molecule has 3 heterocycles. The fourth-order valence-electron chi connectivity index (χ4n) is 7.21. The number of para-hydroxylation sites is 2. The van der Waals surface area contributed by atoms with Gasteiger partial charge in [0, 0.05) is 23.5 Å². The SMILES string of the molecule is CC1(C)c2ccccc2N(c2ccccc2)c2ccc(C3(c4ccccc4)c4cccnc4-c4ncccc43)cc21. The zero-order valence-electron chi connectivity index (χ0n) is 23.1. The number of nitrogens with zero attached hydrogens (tertiary/aromatic N) is 3. The summed E-state index contributed by atoms with van der Waals surface area (Å²) in [6, 6.07) is 46.0. The summed E-state index contributed by atoms with van der Waals surface area (Å²) in [4.78, 5) is 12.2. The minimum absolute atomic E-state index is 0.209. The maximum absolute atomic E-state index is 4.87. The molecule has 1 aliphatic heterocycles. The summed E-state index contributed by atoms with van der Waals surface area (Å²) in [7, 11) is 0. The first kappa shape index (κ1) is 23.8. The van der Waals surface area contributed by atoms with Gasteiger partial charge in [-0.25, -0.2) is 0 Å². The Hall–Kier alpha value is -5.02. The van der Waals surface area contributed by atoms with Crippen molar-refractivity contribution in [3.63, 3.8) is 0 Å². The van der Waals surface area contributed by atoms with Gasteiger partial charge in [-0.2, -0.15) is 0 Å². The van der Waals surface area contributed by atoms with Crippen LogP contribution in [-0.4, -0.2) is 9.97 Å². The fraction of sp³-hybridized carbons (Fsp3) is 0.105. The lowest BCUT2D eigenvalue weighted by atomic mass is 9.65. The zero-order chi connectivity index (χ0) is 27.6. The summed E-state index contributed by atoms with van der Waals surface area (Å²) >= 11 is 0. The standard InChI is InChI=1S/C38H29N3/c1-37(2)29-17-9-10-20-33(29)41(28-15-7-4-8-16-28)34-22-21-27(25-32(34)37)38(26-13-5-3-6-14-26)30-18-11-23-39-35(30)36-31(38)19-12-24-40-36/h3-25H,1-2H3. The lowest BCUT2D eigenvalue weighted by Crippen LogP contribution is -2.33. The van der Waals surface area contributed by atoms with Crippen molar-refractivity contribution < 1.29 is 0 Å². The van der Waals surface area contributed by atoms with Gasteiger partial charge < -0.3 is 4.90 Å². The van der Waals surface area contributed by atoms with Gasteiger partial charge in [-0.05, 0) is 69.8 Å². The van der Waals surface area contributed by atoms with E-state index in [1.807, 2.05) is 12.4 Å². The van der Waals surface area contributed by atoms with Crippen molar-refractivity contribution in [2.24, 2.45) is 0 Å². The molecule has 0 bridgehead atoms. The molecule has 8 rings (SSSR count). The molecule has 0 atom stereocenters. The van der Waals surface area contributed by atoms with E-state index in [1.54, 1.807) is 0 Å². The number of anilines is 3. The molecular formula is C38H29N3. The van der Waals surface area contributed by atoms with Crippen molar-refractivity contribution in [2.45, 2.75) is 24.7 Å². The molecular weight excluding hydrogens is 498 g/mol. The van der Waals surface area contributed by atoms with E-state index >= 15 is 0 Å². The number of hydrogen-bond donors (Lipinski definition) is 0. The Bertz CT molecular complexity index is 1880. The van der Waals surface area contributed by atoms with E-state index in [0.717, 1.165) is 17.1 Å². The van der Waals surface area contributed by atoms with Crippen LogP contribution in [0.3, 0.4) is 0 Å². The summed E-state index contributed by atoms with van der Waals surface area (Å²) < 4.78 is 0. The third kappa shape index (κ3) is 3.20. The molecule has 0 saturated carbocycles. The summed E-state index contributed by atoms with van der Waals surface area (Å²) in [5.41, 5.74) is 12.2. The summed E-state index contributed by atoms with van der Waals surface area (Å²) in [5, 5.41) is 0. The summed E-state index contributed by atoms with van der Waals surface area (Å²) in [5.74, 6) is 0. The quantitative estimate of drug-likeness (QED) is 0.230. The molecule has 0 saturated heterocycles. The molecule has 0 unspecified atom stereocenters. The Morgan fingerprint density at radius 2 is 1.05 bits per heavy atom. The van der Waals surface area contributed by atoms with Crippen molar-refractivity contribution in [1.82, 2.24) is 9.97 Å². The molecule has 4 aromatic carbocycles. The molecule has 0 amide bonds. The second-order valence-electron chi connectivity index (χ2n) is 11.5. The van der Waals surface area contributed by atoms with Crippen molar-refractivity contribution in [1.29, 1.82) is 0 Å². The minimum atomic E-state index is -0.534. The number of benzene rings is 4. The van der Waals surface area contributed by atoms with Gasteiger partial charge >= 0.3 is 0 Å². The van der Waals surface area contributed by atoms with Gasteiger partial charge in [0.25, 0.3) is 0 Å².